The van der Waals surface area contributed by atoms with Crippen LogP contribution in [-0.4, -0.2) is 14.6 Å². The molecule has 3 aromatic rings. The average Bonchev–Trinajstić information content (AvgIpc) is 2.85. The van der Waals surface area contributed by atoms with Gasteiger partial charge in [0.2, 0.25) is 5.88 Å². The van der Waals surface area contributed by atoms with E-state index in [2.05, 4.69) is 10.1 Å². The van der Waals surface area contributed by atoms with E-state index in [-0.39, 0.29) is 0 Å². The Balaban J connectivity index is 2.06. The zero-order chi connectivity index (χ0) is 13.4. The summed E-state index contributed by atoms with van der Waals surface area (Å²) in [6.45, 7) is 3.96. The lowest BCUT2D eigenvalue weighted by atomic mass is 10.1. The van der Waals surface area contributed by atoms with Crippen molar-refractivity contribution in [2.75, 3.05) is 5.73 Å². The lowest BCUT2D eigenvalue weighted by Crippen LogP contribution is -1.97. The highest BCUT2D eigenvalue weighted by Crippen LogP contribution is 2.29. The lowest BCUT2D eigenvalue weighted by molar-refractivity contribution is 0.462. The molecule has 0 aliphatic rings. The van der Waals surface area contributed by atoms with Crippen LogP contribution in [0.4, 0.5) is 5.69 Å². The van der Waals surface area contributed by atoms with Crippen molar-refractivity contribution in [3.8, 4) is 11.6 Å². The number of aryl methyl sites for hydroxylation is 2. The number of nitrogen functional groups attached to an aromatic ring is 1. The molecule has 2 N–H and O–H groups in total. The summed E-state index contributed by atoms with van der Waals surface area (Å²) in [6, 6.07) is 5.68. The monoisotopic (exact) mass is 254 g/mol. The molecule has 0 atom stereocenters. The van der Waals surface area contributed by atoms with Gasteiger partial charge in [0.25, 0.3) is 0 Å². The molecule has 2 heterocycles. The van der Waals surface area contributed by atoms with Gasteiger partial charge in [-0.1, -0.05) is 6.07 Å². The van der Waals surface area contributed by atoms with E-state index in [0.717, 1.165) is 16.6 Å². The predicted molar refractivity (Wildman–Crippen MR) is 73.4 cm³/mol. The first-order valence-corrected chi connectivity index (χ1v) is 5.98. The fourth-order valence-corrected chi connectivity index (χ4v) is 1.97. The van der Waals surface area contributed by atoms with Gasteiger partial charge in [0.05, 0.1) is 6.20 Å². The van der Waals surface area contributed by atoms with E-state index < -0.39 is 0 Å². The molecule has 0 radical (unpaired) electrons. The Hall–Kier alpha value is -2.56. The lowest BCUT2D eigenvalue weighted by Gasteiger charge is -2.11. The second-order valence-corrected chi connectivity index (χ2v) is 4.47. The Morgan fingerprint density at radius 3 is 2.84 bits per heavy atom. The molecule has 0 spiro atoms. The summed E-state index contributed by atoms with van der Waals surface area (Å²) in [5, 5.41) is 4.15. The molecule has 0 aliphatic carbocycles. The van der Waals surface area contributed by atoms with Crippen LogP contribution in [0, 0.1) is 13.8 Å². The summed E-state index contributed by atoms with van der Waals surface area (Å²) in [6.07, 6.45) is 5.14. The normalized spacial score (nSPS) is 10.8. The van der Waals surface area contributed by atoms with Crippen LogP contribution in [0.5, 0.6) is 11.6 Å². The molecule has 0 saturated carbocycles. The van der Waals surface area contributed by atoms with Gasteiger partial charge >= 0.3 is 0 Å². The van der Waals surface area contributed by atoms with Gasteiger partial charge in [0.1, 0.15) is 11.3 Å². The van der Waals surface area contributed by atoms with Crippen molar-refractivity contribution in [2.24, 2.45) is 0 Å². The first-order chi connectivity index (χ1) is 9.15. The summed E-state index contributed by atoms with van der Waals surface area (Å²) < 4.78 is 7.58. The van der Waals surface area contributed by atoms with Crippen LogP contribution in [-0.2, 0) is 0 Å². The highest BCUT2D eigenvalue weighted by atomic mass is 16.5. The summed E-state index contributed by atoms with van der Waals surface area (Å²) in [7, 11) is 0. The first-order valence-electron chi connectivity index (χ1n) is 5.98. The SMILES string of the molecule is Cc1cc(C)c(Oc2nccn3nccc23)cc1N. The maximum atomic E-state index is 5.92. The van der Waals surface area contributed by atoms with Crippen LogP contribution in [0.15, 0.2) is 36.8 Å². The topological polar surface area (TPSA) is 65.4 Å². The molecule has 1 aromatic carbocycles. The molecular weight excluding hydrogens is 240 g/mol. The number of hydrogen-bond donors (Lipinski definition) is 1. The van der Waals surface area contributed by atoms with Crippen LogP contribution >= 0.6 is 0 Å². The number of nitrogens with zero attached hydrogens (tertiary/aromatic N) is 3. The number of aromatic nitrogens is 3. The van der Waals surface area contributed by atoms with Crippen molar-refractivity contribution in [3.63, 3.8) is 0 Å². The van der Waals surface area contributed by atoms with E-state index in [0.29, 0.717) is 17.3 Å². The molecule has 19 heavy (non-hydrogen) atoms. The number of nitrogens with two attached hydrogens (primary N) is 1. The zero-order valence-electron chi connectivity index (χ0n) is 10.8. The Morgan fingerprint density at radius 2 is 2.00 bits per heavy atom. The third-order valence-corrected chi connectivity index (χ3v) is 3.06. The molecule has 0 saturated heterocycles. The van der Waals surface area contributed by atoms with Crippen molar-refractivity contribution in [3.05, 3.63) is 47.9 Å². The van der Waals surface area contributed by atoms with Crippen LogP contribution in [0.2, 0.25) is 0 Å². The van der Waals surface area contributed by atoms with Gasteiger partial charge in [-0.2, -0.15) is 5.10 Å². The van der Waals surface area contributed by atoms with Gasteiger partial charge in [-0.15, -0.1) is 0 Å². The number of fused-ring (bicyclic) bond motifs is 1. The Labute approximate surface area is 110 Å². The maximum Gasteiger partial charge on any atom is 0.245 e. The van der Waals surface area contributed by atoms with E-state index in [4.69, 9.17) is 10.5 Å². The van der Waals surface area contributed by atoms with E-state index in [1.807, 2.05) is 32.0 Å². The first kappa shape index (κ1) is 11.5. The largest absolute Gasteiger partial charge is 0.437 e. The third-order valence-electron chi connectivity index (χ3n) is 3.06. The molecule has 0 aliphatic heterocycles. The number of hydrogen-bond acceptors (Lipinski definition) is 4. The maximum absolute atomic E-state index is 5.92. The fraction of sp³-hybridized carbons (Fsp3) is 0.143. The third kappa shape index (κ3) is 1.99. The van der Waals surface area contributed by atoms with E-state index in [1.165, 1.54) is 0 Å². The molecule has 96 valence electrons. The van der Waals surface area contributed by atoms with E-state index >= 15 is 0 Å². The molecular formula is C14H14N4O. The average molecular weight is 254 g/mol. The quantitative estimate of drug-likeness (QED) is 0.714. The Kier molecular flexibility index (Phi) is 2.59. The standard InChI is InChI=1S/C14H14N4O/c1-9-7-10(2)13(8-11(9)15)19-14-12-3-4-17-18(12)6-5-16-14/h3-8H,15H2,1-2H3. The number of ether oxygens (including phenoxy) is 1. The van der Waals surface area contributed by atoms with Crippen LogP contribution < -0.4 is 10.5 Å². The van der Waals surface area contributed by atoms with Crippen LogP contribution in [0.25, 0.3) is 5.52 Å². The molecule has 0 bridgehead atoms. The summed E-state index contributed by atoms with van der Waals surface area (Å²) in [5.41, 5.74) is 9.51. The molecule has 0 unspecified atom stereocenters. The highest BCUT2D eigenvalue weighted by molar-refractivity contribution is 5.59. The smallest absolute Gasteiger partial charge is 0.245 e. The van der Waals surface area contributed by atoms with Crippen molar-refractivity contribution >= 4 is 11.2 Å². The second-order valence-electron chi connectivity index (χ2n) is 4.47. The summed E-state index contributed by atoms with van der Waals surface area (Å²) >= 11 is 0. The minimum atomic E-state index is 0.520. The molecule has 0 amide bonds. The van der Waals surface area contributed by atoms with Gasteiger partial charge in [0, 0.05) is 24.1 Å². The minimum absolute atomic E-state index is 0.520. The molecule has 3 rings (SSSR count). The van der Waals surface area contributed by atoms with Crippen LogP contribution in [0.3, 0.4) is 0 Å². The minimum Gasteiger partial charge on any atom is -0.437 e. The molecule has 0 fully saturated rings. The molecule has 5 heteroatoms. The van der Waals surface area contributed by atoms with Gasteiger partial charge in [0.15, 0.2) is 0 Å². The van der Waals surface area contributed by atoms with E-state index in [9.17, 15) is 0 Å². The Bertz CT molecular complexity index is 748. The van der Waals surface area contributed by atoms with Crippen LogP contribution in [0.1, 0.15) is 11.1 Å². The van der Waals surface area contributed by atoms with Gasteiger partial charge < -0.3 is 10.5 Å². The predicted octanol–water partition coefficient (Wildman–Crippen LogP) is 2.72. The number of benzene rings is 1. The fourth-order valence-electron chi connectivity index (χ4n) is 1.97. The molecule has 2 aromatic heterocycles. The Morgan fingerprint density at radius 1 is 1.16 bits per heavy atom. The van der Waals surface area contributed by atoms with Gasteiger partial charge in [-0.25, -0.2) is 9.50 Å². The highest BCUT2D eigenvalue weighted by Gasteiger charge is 2.09. The zero-order valence-corrected chi connectivity index (χ0v) is 10.8. The van der Waals surface area contributed by atoms with Crippen molar-refractivity contribution in [1.82, 2.24) is 14.6 Å². The summed E-state index contributed by atoms with van der Waals surface area (Å²) in [5.74, 6) is 1.23. The van der Waals surface area contributed by atoms with Gasteiger partial charge in [-0.05, 0) is 31.0 Å². The number of rotatable bonds is 2. The van der Waals surface area contributed by atoms with Crippen molar-refractivity contribution in [2.45, 2.75) is 13.8 Å². The van der Waals surface area contributed by atoms with E-state index in [1.54, 1.807) is 23.1 Å². The number of anilines is 1. The molecule has 5 nitrogen and oxygen atoms in total. The van der Waals surface area contributed by atoms with Gasteiger partial charge in [-0.3, -0.25) is 0 Å². The second kappa shape index (κ2) is 4.28. The summed E-state index contributed by atoms with van der Waals surface area (Å²) in [4.78, 5) is 4.24. The van der Waals surface area contributed by atoms with Crippen molar-refractivity contribution in [1.29, 1.82) is 0 Å². The van der Waals surface area contributed by atoms with Crippen molar-refractivity contribution < 1.29 is 4.74 Å².